The van der Waals surface area contributed by atoms with E-state index in [1.165, 1.54) is 18.8 Å². The Balaban J connectivity index is 2.78. The maximum absolute atomic E-state index is 13.2. The normalized spacial score (nSPS) is 10.4. The molecule has 0 aliphatic heterocycles. The molecule has 0 bridgehead atoms. The molecule has 15 heavy (non-hydrogen) atoms. The lowest BCUT2D eigenvalue weighted by molar-refractivity contribution is 0.218. The van der Waals surface area contributed by atoms with Gasteiger partial charge in [-0.3, -0.25) is 0 Å². The Morgan fingerprint density at radius 2 is 2.20 bits per heavy atom. The number of anilines is 1. The summed E-state index contributed by atoms with van der Waals surface area (Å²) in [5, 5.41) is 2.73. The van der Waals surface area contributed by atoms with E-state index in [4.69, 9.17) is 4.74 Å². The van der Waals surface area contributed by atoms with Crippen LogP contribution in [0.1, 0.15) is 0 Å². The minimum atomic E-state index is -0.689. The lowest BCUT2D eigenvalue weighted by atomic mass is 10.4. The maximum Gasteiger partial charge on any atom is 0.168 e. The van der Waals surface area contributed by atoms with Gasteiger partial charge in [0.25, 0.3) is 0 Å². The molecule has 0 saturated carbocycles. The third-order valence-electron chi connectivity index (χ3n) is 1.66. The van der Waals surface area contributed by atoms with Gasteiger partial charge < -0.3 is 10.1 Å². The topological polar surface area (TPSA) is 34.2 Å². The lowest BCUT2D eigenvalue weighted by Crippen LogP contribution is -2.01. The third kappa shape index (κ3) is 3.32. The van der Waals surface area contributed by atoms with Gasteiger partial charge in [-0.25, -0.2) is 13.8 Å². The Morgan fingerprint density at radius 1 is 1.47 bits per heavy atom. The molecule has 0 radical (unpaired) electrons. The van der Waals surface area contributed by atoms with E-state index in [2.05, 4.69) is 10.3 Å². The summed E-state index contributed by atoms with van der Waals surface area (Å²) < 4.78 is 31.0. The standard InChI is InChI=1S/C9H12F2N2OS/c1-12-8-6(10)5-7(11)9(13-8)15-4-3-14-2/h5H,3-4H2,1-2H3,(H,12,13). The molecular weight excluding hydrogens is 222 g/mol. The fraction of sp³-hybridized carbons (Fsp3) is 0.444. The SMILES string of the molecule is CNc1nc(SCCOC)c(F)cc1F. The molecule has 0 aliphatic rings. The zero-order valence-corrected chi connectivity index (χ0v) is 9.33. The average Bonchev–Trinajstić information content (AvgIpc) is 2.21. The second-order valence-electron chi connectivity index (χ2n) is 2.70. The predicted molar refractivity (Wildman–Crippen MR) is 56.3 cm³/mol. The minimum absolute atomic E-state index is 0.0521. The summed E-state index contributed by atoms with van der Waals surface area (Å²) in [6, 6.07) is 0.827. The van der Waals surface area contributed by atoms with Crippen LogP contribution in [0.15, 0.2) is 11.1 Å². The molecule has 1 rings (SSSR count). The number of rotatable bonds is 5. The van der Waals surface area contributed by atoms with Crippen molar-refractivity contribution < 1.29 is 13.5 Å². The number of halogens is 2. The van der Waals surface area contributed by atoms with E-state index >= 15 is 0 Å². The molecule has 0 atom stereocenters. The fourth-order valence-corrected chi connectivity index (χ4v) is 1.74. The highest BCUT2D eigenvalue weighted by Gasteiger charge is 2.10. The van der Waals surface area contributed by atoms with Gasteiger partial charge >= 0.3 is 0 Å². The zero-order valence-electron chi connectivity index (χ0n) is 8.51. The van der Waals surface area contributed by atoms with Crippen molar-refractivity contribution in [2.75, 3.05) is 31.8 Å². The molecule has 1 heterocycles. The maximum atomic E-state index is 13.2. The molecule has 3 nitrogen and oxygen atoms in total. The number of nitrogens with zero attached hydrogens (tertiary/aromatic N) is 1. The van der Waals surface area contributed by atoms with E-state index < -0.39 is 11.6 Å². The highest BCUT2D eigenvalue weighted by Crippen LogP contribution is 2.23. The summed E-state index contributed by atoms with van der Waals surface area (Å²) in [6.45, 7) is 0.498. The number of pyridine rings is 1. The van der Waals surface area contributed by atoms with Gasteiger partial charge in [0.2, 0.25) is 0 Å². The number of thioether (sulfide) groups is 1. The Labute approximate surface area is 91.2 Å². The highest BCUT2D eigenvalue weighted by atomic mass is 32.2. The third-order valence-corrected chi connectivity index (χ3v) is 2.59. The van der Waals surface area contributed by atoms with Crippen molar-refractivity contribution in [1.29, 1.82) is 0 Å². The van der Waals surface area contributed by atoms with Crippen LogP contribution in [0.5, 0.6) is 0 Å². The van der Waals surface area contributed by atoms with E-state index in [-0.39, 0.29) is 10.8 Å². The summed E-state index contributed by atoms with van der Waals surface area (Å²) in [5.41, 5.74) is 0. The first-order valence-corrected chi connectivity index (χ1v) is 5.33. The van der Waals surface area contributed by atoms with Crippen LogP contribution in [0.2, 0.25) is 0 Å². The number of hydrogen-bond acceptors (Lipinski definition) is 4. The largest absolute Gasteiger partial charge is 0.384 e. The van der Waals surface area contributed by atoms with Gasteiger partial charge in [-0.05, 0) is 0 Å². The molecule has 0 unspecified atom stereocenters. The van der Waals surface area contributed by atoms with Gasteiger partial charge in [-0.15, -0.1) is 11.8 Å². The second kappa shape index (κ2) is 5.87. The van der Waals surface area contributed by atoms with Crippen LogP contribution >= 0.6 is 11.8 Å². The number of hydrogen-bond donors (Lipinski definition) is 1. The van der Waals surface area contributed by atoms with Crippen molar-refractivity contribution in [3.05, 3.63) is 17.7 Å². The van der Waals surface area contributed by atoms with Crippen LogP contribution in [0.25, 0.3) is 0 Å². The summed E-state index contributed by atoms with van der Waals surface area (Å²) in [5.74, 6) is -0.704. The molecule has 0 spiro atoms. The number of aromatic nitrogens is 1. The Morgan fingerprint density at radius 3 is 2.80 bits per heavy atom. The van der Waals surface area contributed by atoms with E-state index in [0.29, 0.717) is 12.4 Å². The van der Waals surface area contributed by atoms with E-state index in [1.54, 1.807) is 7.11 Å². The molecule has 0 amide bonds. The van der Waals surface area contributed by atoms with Gasteiger partial charge in [0.05, 0.1) is 6.61 Å². The number of ether oxygens (including phenoxy) is 1. The monoisotopic (exact) mass is 234 g/mol. The Hall–Kier alpha value is -0.880. The number of nitrogens with one attached hydrogen (secondary N) is 1. The van der Waals surface area contributed by atoms with Crippen LogP contribution in [-0.2, 0) is 4.74 Å². The minimum Gasteiger partial charge on any atom is -0.384 e. The highest BCUT2D eigenvalue weighted by molar-refractivity contribution is 7.99. The second-order valence-corrected chi connectivity index (χ2v) is 3.78. The van der Waals surface area contributed by atoms with Crippen molar-refractivity contribution in [1.82, 2.24) is 4.98 Å². The van der Waals surface area contributed by atoms with Crippen LogP contribution in [0, 0.1) is 11.6 Å². The fourth-order valence-electron chi connectivity index (χ4n) is 0.948. The molecule has 0 aliphatic carbocycles. The lowest BCUT2D eigenvalue weighted by Gasteiger charge is -2.06. The first kappa shape index (κ1) is 12.2. The molecule has 1 aromatic heterocycles. The van der Waals surface area contributed by atoms with Gasteiger partial charge in [0.1, 0.15) is 5.03 Å². The van der Waals surface area contributed by atoms with Crippen LogP contribution in [-0.4, -0.2) is 31.5 Å². The van der Waals surface area contributed by atoms with E-state index in [0.717, 1.165) is 6.07 Å². The van der Waals surface area contributed by atoms with Gasteiger partial charge in [0, 0.05) is 26.0 Å². The molecule has 0 aromatic carbocycles. The first-order valence-electron chi connectivity index (χ1n) is 4.34. The van der Waals surface area contributed by atoms with E-state index in [9.17, 15) is 8.78 Å². The van der Waals surface area contributed by atoms with Gasteiger partial charge in [-0.1, -0.05) is 0 Å². The molecule has 1 N–H and O–H groups in total. The van der Waals surface area contributed by atoms with Crippen LogP contribution < -0.4 is 5.32 Å². The predicted octanol–water partition coefficient (Wildman–Crippen LogP) is 2.14. The summed E-state index contributed by atoms with van der Waals surface area (Å²) >= 11 is 1.19. The molecule has 0 fully saturated rings. The molecule has 6 heteroatoms. The summed E-state index contributed by atoms with van der Waals surface area (Å²) in [7, 11) is 3.10. The molecule has 84 valence electrons. The molecular formula is C9H12F2N2OS. The quantitative estimate of drug-likeness (QED) is 0.625. The summed E-state index contributed by atoms with van der Waals surface area (Å²) in [6.07, 6.45) is 0. The Kier molecular flexibility index (Phi) is 4.77. The van der Waals surface area contributed by atoms with Crippen LogP contribution in [0.4, 0.5) is 14.6 Å². The van der Waals surface area contributed by atoms with E-state index in [1.807, 2.05) is 0 Å². The van der Waals surface area contributed by atoms with Crippen molar-refractivity contribution in [3.8, 4) is 0 Å². The zero-order chi connectivity index (χ0) is 11.3. The van der Waals surface area contributed by atoms with Crippen molar-refractivity contribution >= 4 is 17.6 Å². The molecule has 0 saturated heterocycles. The smallest absolute Gasteiger partial charge is 0.168 e. The number of methoxy groups -OCH3 is 1. The van der Waals surface area contributed by atoms with Crippen molar-refractivity contribution in [2.24, 2.45) is 0 Å². The Bertz CT molecular complexity index is 336. The van der Waals surface area contributed by atoms with Gasteiger partial charge in [0.15, 0.2) is 17.5 Å². The summed E-state index contributed by atoms with van der Waals surface area (Å²) in [4.78, 5) is 3.81. The van der Waals surface area contributed by atoms with Crippen molar-refractivity contribution in [3.63, 3.8) is 0 Å². The van der Waals surface area contributed by atoms with Crippen molar-refractivity contribution in [2.45, 2.75) is 5.03 Å². The van der Waals surface area contributed by atoms with Crippen LogP contribution in [0.3, 0.4) is 0 Å². The first-order chi connectivity index (χ1) is 7.19. The van der Waals surface area contributed by atoms with Gasteiger partial charge in [-0.2, -0.15) is 0 Å². The molecule has 1 aromatic rings. The average molecular weight is 234 g/mol.